The Labute approximate surface area is 296 Å². The van der Waals surface area contributed by atoms with Gasteiger partial charge in [-0.3, -0.25) is 0 Å². The van der Waals surface area contributed by atoms with Crippen molar-refractivity contribution in [2.45, 2.75) is 0 Å². The lowest BCUT2D eigenvalue weighted by atomic mass is 9.98. The third-order valence-electron chi connectivity index (χ3n) is 9.91. The second-order valence-electron chi connectivity index (χ2n) is 13.0. The van der Waals surface area contributed by atoms with E-state index in [0.717, 1.165) is 82.0 Å². The van der Waals surface area contributed by atoms with Gasteiger partial charge in [0.15, 0.2) is 23.1 Å². The van der Waals surface area contributed by atoms with Crippen LogP contribution >= 0.6 is 0 Å². The Hall–Kier alpha value is -7.18. The average molecular weight is 667 g/mol. The predicted octanol–water partition coefficient (Wildman–Crippen LogP) is 12.0. The van der Waals surface area contributed by atoms with Gasteiger partial charge in [-0.1, -0.05) is 115 Å². The number of nitrogens with zero attached hydrogens (tertiary/aromatic N) is 4. The highest BCUT2D eigenvalue weighted by molar-refractivity contribution is 6.27. The van der Waals surface area contributed by atoms with Crippen LogP contribution in [0.1, 0.15) is 0 Å². The number of rotatable bonds is 4. The van der Waals surface area contributed by atoms with Crippen LogP contribution in [0.4, 0.5) is 0 Å². The molecule has 6 heteroatoms. The smallest absolute Gasteiger partial charge is 0.227 e. The first-order valence-electron chi connectivity index (χ1n) is 17.2. The molecule has 3 aromatic heterocycles. The normalized spacial score (nSPS) is 11.8. The molecule has 6 nitrogen and oxygen atoms in total. The summed E-state index contributed by atoms with van der Waals surface area (Å²) in [7, 11) is 0. The van der Waals surface area contributed by atoms with E-state index in [-0.39, 0.29) is 0 Å². The van der Waals surface area contributed by atoms with E-state index in [9.17, 15) is 0 Å². The lowest BCUT2D eigenvalue weighted by Gasteiger charge is -2.12. The Bertz CT molecular complexity index is 3100. The lowest BCUT2D eigenvalue weighted by Crippen LogP contribution is -2.01. The maximum atomic E-state index is 6.62. The third kappa shape index (κ3) is 4.51. The van der Waals surface area contributed by atoms with Crippen LogP contribution in [0, 0.1) is 0 Å². The van der Waals surface area contributed by atoms with Crippen LogP contribution in [-0.4, -0.2) is 19.9 Å². The molecule has 0 saturated heterocycles. The van der Waals surface area contributed by atoms with Gasteiger partial charge in [0.05, 0.1) is 5.39 Å². The fourth-order valence-electron chi connectivity index (χ4n) is 7.41. The molecular weight excluding hydrogens is 641 g/mol. The monoisotopic (exact) mass is 666 g/mol. The molecule has 0 aliphatic heterocycles. The first-order chi connectivity index (χ1) is 25.7. The van der Waals surface area contributed by atoms with E-state index in [1.807, 2.05) is 42.5 Å². The van der Waals surface area contributed by atoms with E-state index in [1.165, 1.54) is 0 Å². The minimum absolute atomic E-state index is 0.567. The number of fused-ring (bicyclic) bond motifs is 9. The summed E-state index contributed by atoms with van der Waals surface area (Å²) in [5.74, 6) is 2.35. The number of oxazole rings is 1. The Morgan fingerprint density at radius 2 is 0.923 bits per heavy atom. The fraction of sp³-hybridized carbons (Fsp3) is 0. The van der Waals surface area contributed by atoms with Crippen molar-refractivity contribution < 1.29 is 8.83 Å². The summed E-state index contributed by atoms with van der Waals surface area (Å²) in [6.07, 6.45) is 0. The largest absolute Gasteiger partial charge is 0.456 e. The first-order valence-corrected chi connectivity index (χ1v) is 17.2. The van der Waals surface area contributed by atoms with Crippen LogP contribution in [-0.2, 0) is 0 Å². The molecule has 0 aliphatic carbocycles. The predicted molar refractivity (Wildman–Crippen MR) is 209 cm³/mol. The maximum Gasteiger partial charge on any atom is 0.227 e. The average Bonchev–Trinajstić information content (AvgIpc) is 3.82. The molecule has 0 fully saturated rings. The molecule has 0 unspecified atom stereocenters. The van der Waals surface area contributed by atoms with E-state index < -0.39 is 0 Å². The van der Waals surface area contributed by atoms with Crippen molar-refractivity contribution in [2.75, 3.05) is 0 Å². The van der Waals surface area contributed by atoms with Crippen molar-refractivity contribution >= 4 is 65.4 Å². The maximum absolute atomic E-state index is 6.62. The fourth-order valence-corrected chi connectivity index (χ4v) is 7.41. The van der Waals surface area contributed by atoms with E-state index in [0.29, 0.717) is 28.9 Å². The molecule has 0 aliphatic rings. The zero-order valence-corrected chi connectivity index (χ0v) is 27.6. The van der Waals surface area contributed by atoms with Crippen molar-refractivity contribution in [2.24, 2.45) is 0 Å². The molecule has 0 saturated carbocycles. The van der Waals surface area contributed by atoms with E-state index in [4.69, 9.17) is 28.8 Å². The topological polar surface area (TPSA) is 77.8 Å². The van der Waals surface area contributed by atoms with E-state index in [1.54, 1.807) is 0 Å². The van der Waals surface area contributed by atoms with Crippen molar-refractivity contribution in [3.8, 4) is 45.6 Å². The van der Waals surface area contributed by atoms with Crippen molar-refractivity contribution in [3.05, 3.63) is 158 Å². The van der Waals surface area contributed by atoms with Gasteiger partial charge in [-0.25, -0.2) is 19.9 Å². The molecule has 0 N–H and O–H groups in total. The summed E-state index contributed by atoms with van der Waals surface area (Å²) >= 11 is 0. The molecule has 242 valence electrons. The van der Waals surface area contributed by atoms with Gasteiger partial charge in [0.2, 0.25) is 5.89 Å². The van der Waals surface area contributed by atoms with E-state index >= 15 is 0 Å². The summed E-state index contributed by atoms with van der Waals surface area (Å²) < 4.78 is 12.9. The molecule has 0 amide bonds. The molecule has 0 atom stereocenters. The quantitative estimate of drug-likeness (QED) is 0.186. The van der Waals surface area contributed by atoms with Crippen LogP contribution in [0.25, 0.3) is 111 Å². The van der Waals surface area contributed by atoms with Gasteiger partial charge in [0.25, 0.3) is 0 Å². The molecule has 8 aromatic carbocycles. The van der Waals surface area contributed by atoms with Gasteiger partial charge >= 0.3 is 0 Å². The number of aromatic nitrogens is 4. The molecule has 3 heterocycles. The van der Waals surface area contributed by atoms with Gasteiger partial charge in [0, 0.05) is 27.6 Å². The Kier molecular flexibility index (Phi) is 6.15. The highest BCUT2D eigenvalue weighted by Crippen LogP contribution is 2.43. The highest BCUT2D eigenvalue weighted by atomic mass is 16.4. The minimum Gasteiger partial charge on any atom is -0.456 e. The molecule has 11 rings (SSSR count). The zero-order valence-electron chi connectivity index (χ0n) is 27.6. The summed E-state index contributed by atoms with van der Waals surface area (Å²) in [5.41, 5.74) is 6.55. The second kappa shape index (κ2) is 11.2. The SMILES string of the molecule is c1ccc(-c2nc3c(ccc4oc5cc(-c6nc(-c7ccc8ccccc8c7)nc(-c7ccc8ccccc8c7)n6)c6ccccc6c5c43)o2)cc1. The minimum atomic E-state index is 0.567. The van der Waals surface area contributed by atoms with Gasteiger partial charge in [-0.15, -0.1) is 0 Å². The summed E-state index contributed by atoms with van der Waals surface area (Å²) in [5, 5.41) is 8.49. The van der Waals surface area contributed by atoms with Crippen LogP contribution in [0.5, 0.6) is 0 Å². The Morgan fingerprint density at radius 1 is 0.346 bits per heavy atom. The summed E-state index contributed by atoms with van der Waals surface area (Å²) in [4.78, 5) is 20.4. The Balaban J connectivity index is 1.17. The van der Waals surface area contributed by atoms with Crippen LogP contribution < -0.4 is 0 Å². The van der Waals surface area contributed by atoms with Crippen molar-refractivity contribution in [3.63, 3.8) is 0 Å². The first kappa shape index (κ1) is 28.6. The molecule has 52 heavy (non-hydrogen) atoms. The number of hydrogen-bond donors (Lipinski definition) is 0. The van der Waals surface area contributed by atoms with E-state index in [2.05, 4.69) is 115 Å². The van der Waals surface area contributed by atoms with Crippen LogP contribution in [0.2, 0.25) is 0 Å². The van der Waals surface area contributed by atoms with Gasteiger partial charge in [-0.05, 0) is 74.8 Å². The molecule has 0 spiro atoms. The van der Waals surface area contributed by atoms with Crippen molar-refractivity contribution in [1.29, 1.82) is 0 Å². The molecule has 0 bridgehead atoms. The van der Waals surface area contributed by atoms with Crippen molar-refractivity contribution in [1.82, 2.24) is 19.9 Å². The molecule has 11 aromatic rings. The standard InChI is InChI=1S/C46H26N4O2/c1-2-12-29(13-3-1)46-47-42-38(52-46)23-22-37-41(42)40-35-17-9-8-16-34(35)36(26-39(40)51-37)45-49-43(32-20-18-27-10-4-6-14-30(27)24-32)48-44(50-45)33-21-19-28-11-5-7-15-31(28)25-33/h1-26H. The summed E-state index contributed by atoms with van der Waals surface area (Å²) in [6.45, 7) is 0. The van der Waals surface area contributed by atoms with Gasteiger partial charge in [-0.2, -0.15) is 0 Å². The lowest BCUT2D eigenvalue weighted by molar-refractivity contribution is 0.619. The Morgan fingerprint density at radius 3 is 1.62 bits per heavy atom. The molecule has 0 radical (unpaired) electrons. The third-order valence-corrected chi connectivity index (χ3v) is 9.91. The van der Waals surface area contributed by atoms with Gasteiger partial charge < -0.3 is 8.83 Å². The molecular formula is C46H26N4O2. The van der Waals surface area contributed by atoms with Crippen LogP contribution in [0.15, 0.2) is 167 Å². The summed E-state index contributed by atoms with van der Waals surface area (Å²) in [6, 6.07) is 53.6. The second-order valence-corrected chi connectivity index (χ2v) is 13.0. The van der Waals surface area contributed by atoms with Gasteiger partial charge in [0.1, 0.15) is 16.7 Å². The highest BCUT2D eigenvalue weighted by Gasteiger charge is 2.22. The van der Waals surface area contributed by atoms with Crippen LogP contribution in [0.3, 0.4) is 0 Å². The number of furan rings is 1. The zero-order chi connectivity index (χ0) is 34.2. The number of hydrogen-bond acceptors (Lipinski definition) is 6. The number of benzene rings is 8.